The summed E-state index contributed by atoms with van der Waals surface area (Å²) in [5.41, 5.74) is 0. The number of carbonyl (C=O) groups is 1. The molecule has 0 saturated heterocycles. The Morgan fingerprint density at radius 2 is 1.48 bits per heavy atom. The van der Waals surface area contributed by atoms with E-state index < -0.39 is 5.97 Å². The first kappa shape index (κ1) is 12.5. The molecule has 0 amide bonds. The maximum atomic E-state index is 10.8. The summed E-state index contributed by atoms with van der Waals surface area (Å²) in [7, 11) is 0. The van der Waals surface area contributed by atoms with Gasteiger partial charge in [-0.05, 0) is 38.4 Å². The quantitative estimate of drug-likeness (QED) is 0.437. The Bertz CT molecular complexity index is 959. The highest BCUT2D eigenvalue weighted by Gasteiger charge is 2.11. The molecule has 0 atom stereocenters. The molecule has 0 fully saturated rings. The van der Waals surface area contributed by atoms with Crippen LogP contribution < -0.4 is 0 Å². The Morgan fingerprint density at radius 3 is 2.19 bits per heavy atom. The fourth-order valence-electron chi connectivity index (χ4n) is 2.97. The Morgan fingerprint density at radius 1 is 0.857 bits per heavy atom. The number of carboxylic acids is 1. The van der Waals surface area contributed by atoms with Gasteiger partial charge in [0.1, 0.15) is 0 Å². The van der Waals surface area contributed by atoms with Crippen molar-refractivity contribution >= 4 is 50.0 Å². The lowest BCUT2D eigenvalue weighted by atomic mass is 9.94. The van der Waals surface area contributed by atoms with Crippen molar-refractivity contribution in [1.29, 1.82) is 0 Å². The van der Waals surface area contributed by atoms with Crippen LogP contribution in [0.5, 0.6) is 0 Å². The Hall–Kier alpha value is -2.26. The summed E-state index contributed by atoms with van der Waals surface area (Å²) in [4.78, 5) is 11.9. The van der Waals surface area contributed by atoms with Gasteiger partial charge in [-0.1, -0.05) is 48.5 Å². The smallest absolute Gasteiger partial charge is 0.313 e. The number of rotatable bonds is 3. The number of hydrogen-bond acceptors (Lipinski definition) is 2. The number of benzene rings is 4. The lowest BCUT2D eigenvalue weighted by Gasteiger charge is -2.13. The van der Waals surface area contributed by atoms with E-state index in [0.717, 1.165) is 10.3 Å². The largest absolute Gasteiger partial charge is 0.481 e. The minimum atomic E-state index is -0.786. The first-order valence-corrected chi connectivity index (χ1v) is 7.74. The molecule has 0 saturated carbocycles. The van der Waals surface area contributed by atoms with Crippen molar-refractivity contribution < 1.29 is 9.90 Å². The zero-order valence-corrected chi connectivity index (χ0v) is 12.0. The van der Waals surface area contributed by atoms with E-state index in [0.29, 0.717) is 0 Å². The Kier molecular flexibility index (Phi) is 2.76. The van der Waals surface area contributed by atoms with E-state index in [2.05, 4.69) is 48.5 Å². The molecule has 0 radical (unpaired) electrons. The molecule has 0 aliphatic rings. The third kappa shape index (κ3) is 1.93. The van der Waals surface area contributed by atoms with Gasteiger partial charge in [-0.2, -0.15) is 0 Å². The van der Waals surface area contributed by atoms with Gasteiger partial charge in [-0.3, -0.25) is 4.79 Å². The molecular weight excluding hydrogens is 280 g/mol. The van der Waals surface area contributed by atoms with Crippen molar-refractivity contribution in [2.24, 2.45) is 0 Å². The highest BCUT2D eigenvalue weighted by atomic mass is 32.2. The van der Waals surface area contributed by atoms with Gasteiger partial charge in [0.05, 0.1) is 5.75 Å². The first-order valence-electron chi connectivity index (χ1n) is 6.75. The molecule has 4 rings (SSSR count). The summed E-state index contributed by atoms with van der Waals surface area (Å²) in [6, 6.07) is 18.9. The zero-order chi connectivity index (χ0) is 14.4. The predicted octanol–water partition coefficient (Wildman–Crippen LogP) is 4.76. The molecular formula is C18H12O2S. The maximum absolute atomic E-state index is 10.8. The molecule has 0 aliphatic carbocycles. The molecule has 0 unspecified atom stereocenters. The summed E-state index contributed by atoms with van der Waals surface area (Å²) in [5.74, 6) is -0.699. The average molecular weight is 292 g/mol. The first-order chi connectivity index (χ1) is 10.2. The lowest BCUT2D eigenvalue weighted by molar-refractivity contribution is -0.133. The summed E-state index contributed by atoms with van der Waals surface area (Å²) < 4.78 is 0. The minimum absolute atomic E-state index is 0.0873. The van der Waals surface area contributed by atoms with Gasteiger partial charge in [-0.25, -0.2) is 0 Å². The van der Waals surface area contributed by atoms with Crippen LogP contribution >= 0.6 is 11.8 Å². The fraction of sp³-hybridized carbons (Fsp3) is 0.0556. The standard InChI is InChI=1S/C18H12O2S/c19-16(20)10-21-15-9-7-13-5-4-11-2-1-3-12-6-8-14(15)18(13)17(11)12/h1-9H,10H2,(H,19,20). The van der Waals surface area contributed by atoms with E-state index in [9.17, 15) is 4.79 Å². The van der Waals surface area contributed by atoms with E-state index in [1.165, 1.54) is 38.7 Å². The van der Waals surface area contributed by atoms with Crippen molar-refractivity contribution in [2.45, 2.75) is 4.90 Å². The van der Waals surface area contributed by atoms with Gasteiger partial charge >= 0.3 is 5.97 Å². The van der Waals surface area contributed by atoms with Crippen LogP contribution in [0.4, 0.5) is 0 Å². The van der Waals surface area contributed by atoms with Crippen molar-refractivity contribution in [2.75, 3.05) is 5.75 Å². The second-order valence-electron chi connectivity index (χ2n) is 5.10. The highest BCUT2D eigenvalue weighted by Crippen LogP contribution is 2.38. The van der Waals surface area contributed by atoms with Gasteiger partial charge in [0, 0.05) is 4.90 Å². The van der Waals surface area contributed by atoms with Crippen LogP contribution in [0.2, 0.25) is 0 Å². The van der Waals surface area contributed by atoms with E-state index in [1.807, 2.05) is 6.07 Å². The number of carboxylic acid groups (broad SMARTS) is 1. The molecule has 4 aromatic carbocycles. The van der Waals surface area contributed by atoms with Crippen molar-refractivity contribution in [3.05, 3.63) is 54.6 Å². The molecule has 21 heavy (non-hydrogen) atoms. The van der Waals surface area contributed by atoms with Gasteiger partial charge in [0.25, 0.3) is 0 Å². The van der Waals surface area contributed by atoms with Crippen LogP contribution in [-0.4, -0.2) is 16.8 Å². The van der Waals surface area contributed by atoms with Crippen LogP contribution in [0.25, 0.3) is 32.3 Å². The molecule has 1 N–H and O–H groups in total. The van der Waals surface area contributed by atoms with E-state index in [4.69, 9.17) is 5.11 Å². The molecule has 4 aromatic rings. The molecule has 3 heteroatoms. The summed E-state index contributed by atoms with van der Waals surface area (Å²) in [6.07, 6.45) is 0. The van der Waals surface area contributed by atoms with Crippen LogP contribution in [0, 0.1) is 0 Å². The van der Waals surface area contributed by atoms with Gasteiger partial charge in [-0.15, -0.1) is 11.8 Å². The van der Waals surface area contributed by atoms with Crippen LogP contribution in [0.1, 0.15) is 0 Å². The average Bonchev–Trinajstić information content (AvgIpc) is 2.51. The third-order valence-corrected chi connectivity index (χ3v) is 4.90. The zero-order valence-electron chi connectivity index (χ0n) is 11.2. The maximum Gasteiger partial charge on any atom is 0.313 e. The van der Waals surface area contributed by atoms with Crippen LogP contribution in [0.15, 0.2) is 59.5 Å². The Labute approximate surface area is 125 Å². The molecule has 102 valence electrons. The SMILES string of the molecule is O=C(O)CSc1ccc2ccc3cccc4ccc1c2c34. The van der Waals surface area contributed by atoms with Crippen molar-refractivity contribution in [3.8, 4) is 0 Å². The lowest BCUT2D eigenvalue weighted by Crippen LogP contribution is -1.97. The topological polar surface area (TPSA) is 37.3 Å². The van der Waals surface area contributed by atoms with E-state index >= 15 is 0 Å². The second kappa shape index (κ2) is 4.64. The summed E-state index contributed by atoms with van der Waals surface area (Å²) >= 11 is 1.38. The van der Waals surface area contributed by atoms with Gasteiger partial charge in [0.15, 0.2) is 0 Å². The van der Waals surface area contributed by atoms with Crippen molar-refractivity contribution in [1.82, 2.24) is 0 Å². The second-order valence-corrected chi connectivity index (χ2v) is 6.12. The third-order valence-electron chi connectivity index (χ3n) is 3.84. The predicted molar refractivity (Wildman–Crippen MR) is 88.5 cm³/mol. The summed E-state index contributed by atoms with van der Waals surface area (Å²) in [5, 5.41) is 16.2. The van der Waals surface area contributed by atoms with Crippen LogP contribution in [0.3, 0.4) is 0 Å². The Balaban J connectivity index is 2.08. The highest BCUT2D eigenvalue weighted by molar-refractivity contribution is 8.00. The number of hydrogen-bond donors (Lipinski definition) is 1. The summed E-state index contributed by atoms with van der Waals surface area (Å²) in [6.45, 7) is 0. The van der Waals surface area contributed by atoms with Gasteiger partial charge in [0.2, 0.25) is 0 Å². The van der Waals surface area contributed by atoms with Crippen molar-refractivity contribution in [3.63, 3.8) is 0 Å². The normalized spacial score (nSPS) is 11.6. The number of aliphatic carboxylic acids is 1. The van der Waals surface area contributed by atoms with Gasteiger partial charge < -0.3 is 5.11 Å². The molecule has 0 spiro atoms. The molecule has 2 nitrogen and oxygen atoms in total. The monoisotopic (exact) mass is 292 g/mol. The van der Waals surface area contributed by atoms with E-state index in [-0.39, 0.29) is 5.75 Å². The van der Waals surface area contributed by atoms with E-state index in [1.54, 1.807) is 0 Å². The fourth-order valence-corrected chi connectivity index (χ4v) is 3.74. The molecule has 0 aromatic heterocycles. The molecule has 0 heterocycles. The molecule has 0 bridgehead atoms. The minimum Gasteiger partial charge on any atom is -0.481 e. The van der Waals surface area contributed by atoms with Crippen LogP contribution in [-0.2, 0) is 4.79 Å². The number of thioether (sulfide) groups is 1. The molecule has 0 aliphatic heterocycles.